The Morgan fingerprint density at radius 1 is 0.860 bits per heavy atom. The minimum absolute atomic E-state index is 0.0206. The van der Waals surface area contributed by atoms with Crippen LogP contribution in [0.5, 0.6) is 0 Å². The van der Waals surface area contributed by atoms with Crippen molar-refractivity contribution in [2.45, 2.75) is 18.4 Å². The molecule has 0 unspecified atom stereocenters. The van der Waals surface area contributed by atoms with Gasteiger partial charge in [0.05, 0.1) is 21.9 Å². The smallest absolute Gasteiger partial charge is 0.255 e. The van der Waals surface area contributed by atoms with E-state index >= 15 is 0 Å². The van der Waals surface area contributed by atoms with Crippen LogP contribution in [0.1, 0.15) is 22.8 Å². The lowest BCUT2D eigenvalue weighted by Gasteiger charge is -2.14. The van der Waals surface area contributed by atoms with Crippen molar-refractivity contribution in [1.29, 1.82) is 0 Å². The SMILES string of the molecule is CCS(=O)(=O)Nc1cc2oc(-c3ccc(F)cc3)c(C(=O)NC)c2cc1-c1cccc(CNS(=O)(=O)c2ccccc2)c1. The highest BCUT2D eigenvalue weighted by Crippen LogP contribution is 2.40. The second-order valence-electron chi connectivity index (χ2n) is 9.63. The third kappa shape index (κ3) is 6.46. The summed E-state index contributed by atoms with van der Waals surface area (Å²) in [7, 11) is -6.02. The minimum Gasteiger partial charge on any atom is -0.455 e. The zero-order chi connectivity index (χ0) is 30.8. The van der Waals surface area contributed by atoms with Crippen LogP contribution in [0.25, 0.3) is 33.4 Å². The highest BCUT2D eigenvalue weighted by atomic mass is 32.2. The van der Waals surface area contributed by atoms with E-state index in [0.717, 1.165) is 0 Å². The standard InChI is InChI=1S/C31H28FN3O6S2/c1-3-42(37,38)35-27-18-28-26(29(31(36)33-2)30(41-28)21-12-14-23(32)15-13-21)17-25(27)22-9-7-8-20(16-22)19-34-43(39,40)24-10-5-4-6-11-24/h4-18,34-35H,3,19H2,1-2H3,(H,33,36). The molecule has 4 aromatic carbocycles. The number of hydrogen-bond acceptors (Lipinski definition) is 6. The van der Waals surface area contributed by atoms with Gasteiger partial charge in [0.1, 0.15) is 17.2 Å². The van der Waals surface area contributed by atoms with Gasteiger partial charge in [0.25, 0.3) is 5.91 Å². The van der Waals surface area contributed by atoms with Crippen molar-refractivity contribution in [2.75, 3.05) is 17.5 Å². The number of carbonyl (C=O) groups excluding carboxylic acids is 1. The molecule has 5 rings (SSSR count). The molecule has 222 valence electrons. The maximum atomic E-state index is 13.6. The average Bonchev–Trinajstić information content (AvgIpc) is 3.38. The molecule has 1 amide bonds. The molecular formula is C31H28FN3O6S2. The Hall–Kier alpha value is -4.52. The number of benzene rings is 4. The van der Waals surface area contributed by atoms with Gasteiger partial charge in [-0.25, -0.2) is 25.9 Å². The van der Waals surface area contributed by atoms with E-state index in [2.05, 4.69) is 14.8 Å². The van der Waals surface area contributed by atoms with Crippen molar-refractivity contribution < 1.29 is 30.4 Å². The normalized spacial score (nSPS) is 11.9. The van der Waals surface area contributed by atoms with E-state index in [0.29, 0.717) is 27.6 Å². The Morgan fingerprint density at radius 2 is 1.58 bits per heavy atom. The molecule has 1 heterocycles. The van der Waals surface area contributed by atoms with Gasteiger partial charge in [-0.3, -0.25) is 9.52 Å². The molecule has 0 aliphatic rings. The highest BCUT2D eigenvalue weighted by molar-refractivity contribution is 7.92. The molecule has 43 heavy (non-hydrogen) atoms. The Labute approximate surface area is 248 Å². The number of amides is 1. The molecule has 0 aliphatic carbocycles. The third-order valence-electron chi connectivity index (χ3n) is 6.79. The number of furan rings is 1. The van der Waals surface area contributed by atoms with E-state index in [1.165, 1.54) is 56.4 Å². The molecule has 0 saturated heterocycles. The number of carbonyl (C=O) groups is 1. The zero-order valence-corrected chi connectivity index (χ0v) is 24.9. The van der Waals surface area contributed by atoms with Gasteiger partial charge in [0.15, 0.2) is 0 Å². The second-order valence-corrected chi connectivity index (χ2v) is 13.4. The van der Waals surface area contributed by atoms with Crippen molar-refractivity contribution in [1.82, 2.24) is 10.0 Å². The lowest BCUT2D eigenvalue weighted by atomic mass is 9.97. The largest absolute Gasteiger partial charge is 0.455 e. The lowest BCUT2D eigenvalue weighted by molar-refractivity contribution is 0.0964. The van der Waals surface area contributed by atoms with E-state index in [1.54, 1.807) is 48.5 Å². The summed E-state index contributed by atoms with van der Waals surface area (Å²) in [6.45, 7) is 1.48. The summed E-state index contributed by atoms with van der Waals surface area (Å²) >= 11 is 0. The fourth-order valence-electron chi connectivity index (χ4n) is 4.57. The van der Waals surface area contributed by atoms with Gasteiger partial charge in [-0.05, 0) is 66.6 Å². The quantitative estimate of drug-likeness (QED) is 0.188. The molecule has 0 fully saturated rings. The van der Waals surface area contributed by atoms with E-state index < -0.39 is 31.8 Å². The number of halogens is 1. The molecule has 0 spiro atoms. The van der Waals surface area contributed by atoms with Crippen LogP contribution >= 0.6 is 0 Å². The van der Waals surface area contributed by atoms with Crippen molar-refractivity contribution >= 4 is 42.6 Å². The average molecular weight is 622 g/mol. The Morgan fingerprint density at radius 3 is 2.26 bits per heavy atom. The van der Waals surface area contributed by atoms with Crippen molar-refractivity contribution in [3.63, 3.8) is 0 Å². The minimum atomic E-state index is -3.77. The summed E-state index contributed by atoms with van der Waals surface area (Å²) in [4.78, 5) is 13.2. The second kappa shape index (κ2) is 12.0. The molecule has 5 aromatic rings. The summed E-state index contributed by atoms with van der Waals surface area (Å²) in [5.74, 6) is -0.894. The first-order valence-electron chi connectivity index (χ1n) is 13.2. The third-order valence-corrected chi connectivity index (χ3v) is 9.50. The van der Waals surface area contributed by atoms with Gasteiger partial charge >= 0.3 is 0 Å². The molecule has 12 heteroatoms. The topological polar surface area (TPSA) is 135 Å². The van der Waals surface area contributed by atoms with Crippen molar-refractivity contribution in [3.8, 4) is 22.5 Å². The van der Waals surface area contributed by atoms with E-state index in [1.807, 2.05) is 0 Å². The van der Waals surface area contributed by atoms with E-state index in [9.17, 15) is 26.0 Å². The van der Waals surface area contributed by atoms with Gasteiger partial charge in [0.2, 0.25) is 20.0 Å². The summed E-state index contributed by atoms with van der Waals surface area (Å²) in [5, 5.41) is 3.01. The maximum Gasteiger partial charge on any atom is 0.255 e. The summed E-state index contributed by atoms with van der Waals surface area (Å²) < 4.78 is 75.8. The number of sulfonamides is 2. The van der Waals surface area contributed by atoms with Crippen molar-refractivity contribution in [3.05, 3.63) is 108 Å². The summed E-state index contributed by atoms with van der Waals surface area (Å²) in [6, 6.07) is 23.6. The molecule has 0 bridgehead atoms. The van der Waals surface area contributed by atoms with E-state index in [4.69, 9.17) is 4.42 Å². The Bertz CT molecular complexity index is 2030. The highest BCUT2D eigenvalue weighted by Gasteiger charge is 2.24. The molecule has 9 nitrogen and oxygen atoms in total. The molecular weight excluding hydrogens is 593 g/mol. The molecule has 0 atom stereocenters. The Kier molecular flexibility index (Phi) is 8.36. The fourth-order valence-corrected chi connectivity index (χ4v) is 6.26. The monoisotopic (exact) mass is 621 g/mol. The molecule has 0 aliphatic heterocycles. The first-order valence-corrected chi connectivity index (χ1v) is 16.4. The molecule has 1 aromatic heterocycles. The summed E-state index contributed by atoms with van der Waals surface area (Å²) in [5.41, 5.74) is 2.73. The maximum absolute atomic E-state index is 13.6. The van der Waals surface area contributed by atoms with Gasteiger partial charge < -0.3 is 9.73 Å². The van der Waals surface area contributed by atoms with Crippen LogP contribution in [0.4, 0.5) is 10.1 Å². The number of nitrogens with one attached hydrogen (secondary N) is 3. The van der Waals surface area contributed by atoms with Crippen LogP contribution in [0.3, 0.4) is 0 Å². The van der Waals surface area contributed by atoms with Gasteiger partial charge in [-0.15, -0.1) is 0 Å². The number of anilines is 1. The molecule has 0 radical (unpaired) electrons. The van der Waals surface area contributed by atoms with E-state index in [-0.39, 0.29) is 39.8 Å². The van der Waals surface area contributed by atoms with Gasteiger partial charge in [0, 0.05) is 36.2 Å². The summed E-state index contributed by atoms with van der Waals surface area (Å²) in [6.07, 6.45) is 0. The first-order chi connectivity index (χ1) is 20.5. The van der Waals surface area contributed by atoms with Crippen LogP contribution in [0.2, 0.25) is 0 Å². The van der Waals surface area contributed by atoms with Crippen LogP contribution in [-0.4, -0.2) is 35.5 Å². The number of fused-ring (bicyclic) bond motifs is 1. The Balaban J connectivity index is 1.63. The van der Waals surface area contributed by atoms with Crippen molar-refractivity contribution in [2.24, 2.45) is 0 Å². The number of hydrogen-bond donors (Lipinski definition) is 3. The van der Waals surface area contributed by atoms with Gasteiger partial charge in [-0.1, -0.05) is 36.4 Å². The first kappa shape index (κ1) is 30.0. The predicted molar refractivity (Wildman–Crippen MR) is 164 cm³/mol. The van der Waals surface area contributed by atoms with Crippen LogP contribution in [0.15, 0.2) is 100 Å². The lowest BCUT2D eigenvalue weighted by Crippen LogP contribution is -2.23. The number of rotatable bonds is 10. The van der Waals surface area contributed by atoms with Crippen LogP contribution in [0, 0.1) is 5.82 Å². The fraction of sp³-hybridized carbons (Fsp3) is 0.129. The van der Waals surface area contributed by atoms with Crippen LogP contribution < -0.4 is 14.8 Å². The zero-order valence-electron chi connectivity index (χ0n) is 23.2. The molecule has 0 saturated carbocycles. The predicted octanol–water partition coefficient (Wildman–Crippen LogP) is 5.51. The molecule has 3 N–H and O–H groups in total. The van der Waals surface area contributed by atoms with Crippen LogP contribution in [-0.2, 0) is 26.6 Å². The van der Waals surface area contributed by atoms with Gasteiger partial charge in [-0.2, -0.15) is 0 Å².